The Morgan fingerprint density at radius 3 is 2.43 bits per heavy atom. The van der Waals surface area contributed by atoms with Gasteiger partial charge in [0.05, 0.1) is 18.0 Å². The molecule has 1 aliphatic heterocycles. The summed E-state index contributed by atoms with van der Waals surface area (Å²) in [4.78, 5) is 12.8. The minimum absolute atomic E-state index is 0.0628. The summed E-state index contributed by atoms with van der Waals surface area (Å²) >= 11 is 3.33. The van der Waals surface area contributed by atoms with Gasteiger partial charge in [-0.25, -0.2) is 17.9 Å². The van der Waals surface area contributed by atoms with E-state index in [4.69, 9.17) is 4.74 Å². The highest BCUT2D eigenvalue weighted by molar-refractivity contribution is 9.10. The lowest BCUT2D eigenvalue weighted by molar-refractivity contribution is 0.182. The minimum atomic E-state index is -3.51. The van der Waals surface area contributed by atoms with Crippen molar-refractivity contribution in [2.45, 2.75) is 43.7 Å². The number of piperidine rings is 1. The van der Waals surface area contributed by atoms with Gasteiger partial charge in [0.2, 0.25) is 10.0 Å². The van der Waals surface area contributed by atoms with Crippen molar-refractivity contribution in [1.29, 1.82) is 0 Å². The van der Waals surface area contributed by atoms with E-state index in [9.17, 15) is 13.2 Å². The number of aromatic nitrogens is 3. The molecule has 0 atom stereocenters. The number of ether oxygens (including phenoxy) is 1. The van der Waals surface area contributed by atoms with E-state index >= 15 is 0 Å². The molecule has 28 heavy (non-hydrogen) atoms. The van der Waals surface area contributed by atoms with E-state index in [-0.39, 0.29) is 11.6 Å². The normalized spacial score (nSPS) is 16.5. The average Bonchev–Trinajstić information content (AvgIpc) is 3.02. The molecule has 8 nitrogen and oxygen atoms in total. The summed E-state index contributed by atoms with van der Waals surface area (Å²) in [7, 11) is -1.93. The van der Waals surface area contributed by atoms with Crippen LogP contribution in [0.25, 0.3) is 0 Å². The van der Waals surface area contributed by atoms with Gasteiger partial charge in [-0.05, 0) is 44.0 Å². The molecule has 0 saturated carbocycles. The summed E-state index contributed by atoms with van der Waals surface area (Å²) < 4.78 is 36.2. The summed E-state index contributed by atoms with van der Waals surface area (Å²) in [5.41, 5.74) is -0.139. The summed E-state index contributed by atoms with van der Waals surface area (Å²) in [6.07, 6.45) is 1.27. The molecule has 154 valence electrons. The van der Waals surface area contributed by atoms with Crippen LogP contribution in [0.2, 0.25) is 0 Å². The van der Waals surface area contributed by atoms with Gasteiger partial charge in [-0.2, -0.15) is 9.40 Å². The van der Waals surface area contributed by atoms with Gasteiger partial charge in [0.25, 0.3) is 0 Å². The summed E-state index contributed by atoms with van der Waals surface area (Å²) in [6.45, 7) is 4.10. The molecule has 1 aromatic carbocycles. The Morgan fingerprint density at radius 2 is 1.86 bits per heavy atom. The molecular weight excluding hydrogens is 448 g/mol. The first-order valence-electron chi connectivity index (χ1n) is 9.30. The zero-order valence-corrected chi connectivity index (χ0v) is 18.4. The van der Waals surface area contributed by atoms with Crippen molar-refractivity contribution in [3.05, 3.63) is 45.0 Å². The van der Waals surface area contributed by atoms with Crippen LogP contribution in [0.4, 0.5) is 0 Å². The van der Waals surface area contributed by atoms with Crippen molar-refractivity contribution in [2.75, 3.05) is 26.8 Å². The van der Waals surface area contributed by atoms with E-state index in [1.165, 1.54) is 8.99 Å². The third-order valence-corrected chi connectivity index (χ3v) is 7.49. The molecule has 0 radical (unpaired) electrons. The largest absolute Gasteiger partial charge is 0.383 e. The first-order chi connectivity index (χ1) is 13.4. The zero-order valence-electron chi connectivity index (χ0n) is 16.0. The first kappa shape index (κ1) is 21.2. The van der Waals surface area contributed by atoms with Crippen molar-refractivity contribution in [1.82, 2.24) is 18.7 Å². The highest BCUT2D eigenvalue weighted by atomic mass is 79.9. The predicted molar refractivity (Wildman–Crippen MR) is 109 cm³/mol. The molecular formula is C18H25BrN4O4S. The topological polar surface area (TPSA) is 86.4 Å². The van der Waals surface area contributed by atoms with Gasteiger partial charge in [0.15, 0.2) is 0 Å². The molecule has 0 aliphatic carbocycles. The summed E-state index contributed by atoms with van der Waals surface area (Å²) in [5.74, 6) is 0.803. The second kappa shape index (κ2) is 8.89. The van der Waals surface area contributed by atoms with E-state index in [2.05, 4.69) is 21.0 Å². The number of benzene rings is 1. The van der Waals surface area contributed by atoms with Crippen LogP contribution in [-0.2, 0) is 27.8 Å². The number of sulfonamides is 1. The third-order valence-electron chi connectivity index (χ3n) is 5.05. The number of methoxy groups -OCH3 is 1. The van der Waals surface area contributed by atoms with Crippen LogP contribution in [0.1, 0.15) is 31.5 Å². The van der Waals surface area contributed by atoms with E-state index < -0.39 is 10.0 Å². The molecule has 2 heterocycles. The predicted octanol–water partition coefficient (Wildman–Crippen LogP) is 2.04. The average molecular weight is 473 g/mol. The third kappa shape index (κ3) is 4.24. The number of hydrogen-bond acceptors (Lipinski definition) is 5. The van der Waals surface area contributed by atoms with Crippen LogP contribution < -0.4 is 5.69 Å². The lowest BCUT2D eigenvalue weighted by Gasteiger charge is -2.30. The maximum atomic E-state index is 12.9. The van der Waals surface area contributed by atoms with Gasteiger partial charge in [0.1, 0.15) is 5.82 Å². The highest BCUT2D eigenvalue weighted by Gasteiger charge is 2.32. The van der Waals surface area contributed by atoms with E-state index in [0.29, 0.717) is 50.5 Å². The number of nitrogens with zero attached hydrogens (tertiary/aromatic N) is 4. The molecule has 2 aromatic rings. The molecule has 1 fully saturated rings. The number of rotatable bonds is 7. The smallest absolute Gasteiger partial charge is 0.345 e. The summed E-state index contributed by atoms with van der Waals surface area (Å²) in [6, 6.07) is 6.67. The molecule has 1 aliphatic rings. The van der Waals surface area contributed by atoms with Gasteiger partial charge in [-0.3, -0.25) is 4.57 Å². The van der Waals surface area contributed by atoms with E-state index in [0.717, 1.165) is 10.3 Å². The molecule has 1 saturated heterocycles. The molecule has 1 aromatic heterocycles. The molecule has 10 heteroatoms. The fourth-order valence-corrected chi connectivity index (χ4v) is 5.22. The fraction of sp³-hybridized carbons (Fsp3) is 0.556. The van der Waals surface area contributed by atoms with Crippen molar-refractivity contribution in [3.8, 4) is 0 Å². The second-order valence-corrected chi connectivity index (χ2v) is 9.59. The molecule has 0 amide bonds. The Labute approximate surface area is 173 Å². The maximum absolute atomic E-state index is 12.9. The lowest BCUT2D eigenvalue weighted by atomic mass is 9.97. The van der Waals surface area contributed by atoms with Crippen molar-refractivity contribution >= 4 is 26.0 Å². The van der Waals surface area contributed by atoms with Crippen LogP contribution in [0.5, 0.6) is 0 Å². The molecule has 0 unspecified atom stereocenters. The Morgan fingerprint density at radius 1 is 1.21 bits per heavy atom. The SMILES string of the molecule is CCn1c(C2CCN(S(=O)(=O)c3ccc(Br)cc3)CC2)nn(CCOC)c1=O. The monoisotopic (exact) mass is 472 g/mol. The van der Waals surface area contributed by atoms with Crippen molar-refractivity contribution in [2.24, 2.45) is 0 Å². The van der Waals surface area contributed by atoms with Gasteiger partial charge in [-0.1, -0.05) is 15.9 Å². The highest BCUT2D eigenvalue weighted by Crippen LogP contribution is 2.29. The Balaban J connectivity index is 1.75. The zero-order chi connectivity index (χ0) is 20.3. The number of halogens is 1. The fourth-order valence-electron chi connectivity index (χ4n) is 3.49. The number of hydrogen-bond donors (Lipinski definition) is 0. The van der Waals surface area contributed by atoms with Crippen LogP contribution >= 0.6 is 15.9 Å². The Bertz CT molecular complexity index is 960. The maximum Gasteiger partial charge on any atom is 0.345 e. The van der Waals surface area contributed by atoms with Crippen molar-refractivity contribution in [3.63, 3.8) is 0 Å². The van der Waals surface area contributed by atoms with Gasteiger partial charge >= 0.3 is 5.69 Å². The van der Waals surface area contributed by atoms with Gasteiger partial charge < -0.3 is 4.74 Å². The molecule has 0 N–H and O–H groups in total. The van der Waals surface area contributed by atoms with Crippen LogP contribution in [0, 0.1) is 0 Å². The minimum Gasteiger partial charge on any atom is -0.383 e. The quantitative estimate of drug-likeness (QED) is 0.615. The standard InChI is InChI=1S/C18H25BrN4O4S/c1-3-22-17(20-23(18(22)24)12-13-27-2)14-8-10-21(11-9-14)28(25,26)16-6-4-15(19)5-7-16/h4-7,14H,3,8-13H2,1-2H3. The Kier molecular flexibility index (Phi) is 6.74. The second-order valence-electron chi connectivity index (χ2n) is 6.73. The van der Waals surface area contributed by atoms with E-state index in [1.54, 1.807) is 35.9 Å². The first-order valence-corrected chi connectivity index (χ1v) is 11.5. The molecule has 0 spiro atoms. The van der Waals surface area contributed by atoms with Crippen LogP contribution in [0.15, 0.2) is 38.4 Å². The van der Waals surface area contributed by atoms with Crippen LogP contribution in [-0.4, -0.2) is 53.9 Å². The van der Waals surface area contributed by atoms with E-state index in [1.807, 2.05) is 6.92 Å². The Hall–Kier alpha value is -1.49. The van der Waals surface area contributed by atoms with Crippen molar-refractivity contribution < 1.29 is 13.2 Å². The molecule has 0 bridgehead atoms. The van der Waals surface area contributed by atoms with Gasteiger partial charge in [0, 0.05) is 37.1 Å². The van der Waals surface area contributed by atoms with Gasteiger partial charge in [-0.15, -0.1) is 0 Å². The summed E-state index contributed by atoms with van der Waals surface area (Å²) in [5, 5.41) is 4.51. The lowest BCUT2D eigenvalue weighted by Crippen LogP contribution is -2.38. The van der Waals surface area contributed by atoms with Crippen LogP contribution in [0.3, 0.4) is 0 Å². The molecule has 3 rings (SSSR count).